The minimum atomic E-state index is -0.508. The zero-order valence-corrected chi connectivity index (χ0v) is 12.3. The first-order chi connectivity index (χ1) is 9.39. The standard InChI is InChI=1S/C12H21N5O3/c1-5-6-13-11-14-7-9(17(18)19)10(16-11)15-8-12(2,3)20-4/h7H,5-6,8H2,1-4H3,(H2,13,14,15,16). The van der Waals surface area contributed by atoms with E-state index in [0.717, 1.165) is 6.42 Å². The number of ether oxygens (including phenoxy) is 1. The number of rotatable bonds is 8. The van der Waals surface area contributed by atoms with E-state index in [4.69, 9.17) is 4.74 Å². The van der Waals surface area contributed by atoms with Crippen LogP contribution in [0.25, 0.3) is 0 Å². The summed E-state index contributed by atoms with van der Waals surface area (Å²) in [7, 11) is 1.59. The van der Waals surface area contributed by atoms with E-state index in [9.17, 15) is 10.1 Å². The molecule has 0 aliphatic carbocycles. The van der Waals surface area contributed by atoms with Gasteiger partial charge in [-0.25, -0.2) is 4.98 Å². The van der Waals surface area contributed by atoms with Gasteiger partial charge in [0.05, 0.1) is 10.5 Å². The maximum atomic E-state index is 11.0. The van der Waals surface area contributed by atoms with Crippen molar-refractivity contribution >= 4 is 17.5 Å². The van der Waals surface area contributed by atoms with Crippen molar-refractivity contribution in [2.45, 2.75) is 32.8 Å². The Morgan fingerprint density at radius 2 is 2.15 bits per heavy atom. The fourth-order valence-corrected chi connectivity index (χ4v) is 1.33. The average molecular weight is 283 g/mol. The first-order valence-corrected chi connectivity index (χ1v) is 6.44. The molecule has 2 N–H and O–H groups in total. The van der Waals surface area contributed by atoms with Crippen LogP contribution in [-0.2, 0) is 4.74 Å². The summed E-state index contributed by atoms with van der Waals surface area (Å²) < 4.78 is 5.26. The zero-order valence-electron chi connectivity index (χ0n) is 12.3. The van der Waals surface area contributed by atoms with Gasteiger partial charge in [0, 0.05) is 20.2 Å². The summed E-state index contributed by atoms with van der Waals surface area (Å²) in [6.45, 7) is 6.88. The molecular weight excluding hydrogens is 262 g/mol. The molecule has 0 aromatic carbocycles. The third-order valence-corrected chi connectivity index (χ3v) is 2.73. The highest BCUT2D eigenvalue weighted by Crippen LogP contribution is 2.23. The number of methoxy groups -OCH3 is 1. The molecule has 1 aromatic heterocycles. The number of hydrogen-bond acceptors (Lipinski definition) is 7. The number of nitrogens with one attached hydrogen (secondary N) is 2. The topological polar surface area (TPSA) is 102 Å². The summed E-state index contributed by atoms with van der Waals surface area (Å²) >= 11 is 0. The summed E-state index contributed by atoms with van der Waals surface area (Å²) in [5.41, 5.74) is -0.602. The highest BCUT2D eigenvalue weighted by molar-refractivity contribution is 5.57. The molecule has 0 amide bonds. The number of anilines is 2. The van der Waals surface area contributed by atoms with E-state index in [2.05, 4.69) is 20.6 Å². The number of nitrogens with zero attached hydrogens (tertiary/aromatic N) is 3. The Morgan fingerprint density at radius 3 is 2.70 bits per heavy atom. The third-order valence-electron chi connectivity index (χ3n) is 2.73. The van der Waals surface area contributed by atoms with Gasteiger partial charge in [-0.2, -0.15) is 4.98 Å². The molecule has 0 aliphatic heterocycles. The Bertz CT molecular complexity index is 464. The van der Waals surface area contributed by atoms with Crippen LogP contribution in [0.1, 0.15) is 27.2 Å². The third kappa shape index (κ3) is 4.61. The molecule has 0 unspecified atom stereocenters. The van der Waals surface area contributed by atoms with Gasteiger partial charge in [0.1, 0.15) is 6.20 Å². The summed E-state index contributed by atoms with van der Waals surface area (Å²) in [4.78, 5) is 18.5. The SMILES string of the molecule is CCCNc1ncc([N+](=O)[O-])c(NCC(C)(C)OC)n1. The molecule has 0 radical (unpaired) electrons. The molecular formula is C12H21N5O3. The van der Waals surface area contributed by atoms with Crippen LogP contribution in [-0.4, -0.2) is 40.7 Å². The Morgan fingerprint density at radius 1 is 1.45 bits per heavy atom. The van der Waals surface area contributed by atoms with E-state index in [0.29, 0.717) is 19.0 Å². The molecule has 0 atom stereocenters. The van der Waals surface area contributed by atoms with Crippen molar-refractivity contribution in [1.29, 1.82) is 0 Å². The molecule has 0 saturated heterocycles. The van der Waals surface area contributed by atoms with E-state index in [1.54, 1.807) is 7.11 Å². The average Bonchev–Trinajstić information content (AvgIpc) is 2.42. The van der Waals surface area contributed by atoms with Crippen molar-refractivity contribution in [3.8, 4) is 0 Å². The largest absolute Gasteiger partial charge is 0.377 e. The Kier molecular flexibility index (Phi) is 5.63. The number of aromatic nitrogens is 2. The monoisotopic (exact) mass is 283 g/mol. The fourth-order valence-electron chi connectivity index (χ4n) is 1.33. The van der Waals surface area contributed by atoms with Crippen LogP contribution in [0.5, 0.6) is 0 Å². The summed E-state index contributed by atoms with van der Waals surface area (Å²) in [6.07, 6.45) is 2.12. The number of hydrogen-bond donors (Lipinski definition) is 2. The predicted octanol–water partition coefficient (Wildman–Crippen LogP) is 2.04. The van der Waals surface area contributed by atoms with Gasteiger partial charge in [0.25, 0.3) is 0 Å². The Hall–Kier alpha value is -1.96. The maximum Gasteiger partial charge on any atom is 0.329 e. The van der Waals surface area contributed by atoms with Gasteiger partial charge >= 0.3 is 5.69 Å². The smallest absolute Gasteiger partial charge is 0.329 e. The van der Waals surface area contributed by atoms with Gasteiger partial charge in [0.2, 0.25) is 11.8 Å². The van der Waals surface area contributed by atoms with E-state index in [1.807, 2.05) is 20.8 Å². The zero-order chi connectivity index (χ0) is 15.2. The predicted molar refractivity (Wildman–Crippen MR) is 77.0 cm³/mol. The van der Waals surface area contributed by atoms with Crippen molar-refractivity contribution in [2.24, 2.45) is 0 Å². The maximum absolute atomic E-state index is 11.0. The minimum absolute atomic E-state index is 0.154. The minimum Gasteiger partial charge on any atom is -0.377 e. The summed E-state index contributed by atoms with van der Waals surface area (Å²) in [5, 5.41) is 16.9. The number of nitro groups is 1. The van der Waals surface area contributed by atoms with Crippen molar-refractivity contribution < 1.29 is 9.66 Å². The second-order valence-electron chi connectivity index (χ2n) is 4.93. The van der Waals surface area contributed by atoms with Gasteiger partial charge in [-0.1, -0.05) is 6.92 Å². The molecule has 112 valence electrons. The lowest BCUT2D eigenvalue weighted by molar-refractivity contribution is -0.384. The van der Waals surface area contributed by atoms with E-state index < -0.39 is 10.5 Å². The van der Waals surface area contributed by atoms with Gasteiger partial charge in [-0.05, 0) is 20.3 Å². The van der Waals surface area contributed by atoms with Gasteiger partial charge < -0.3 is 15.4 Å². The van der Waals surface area contributed by atoms with Gasteiger partial charge in [-0.15, -0.1) is 0 Å². The molecule has 0 bridgehead atoms. The molecule has 8 heteroatoms. The molecule has 1 heterocycles. The van der Waals surface area contributed by atoms with Crippen LogP contribution in [0, 0.1) is 10.1 Å². The molecule has 1 aromatic rings. The molecule has 20 heavy (non-hydrogen) atoms. The van der Waals surface area contributed by atoms with Crippen molar-refractivity contribution in [2.75, 3.05) is 30.8 Å². The normalized spacial score (nSPS) is 11.2. The lowest BCUT2D eigenvalue weighted by Gasteiger charge is -2.23. The van der Waals surface area contributed by atoms with Crippen molar-refractivity contribution in [1.82, 2.24) is 9.97 Å². The molecule has 0 spiro atoms. The van der Waals surface area contributed by atoms with E-state index >= 15 is 0 Å². The molecule has 0 saturated carbocycles. The highest BCUT2D eigenvalue weighted by Gasteiger charge is 2.21. The second kappa shape index (κ2) is 6.99. The Labute approximate surface area is 118 Å². The van der Waals surface area contributed by atoms with Crippen LogP contribution >= 0.6 is 0 Å². The lowest BCUT2D eigenvalue weighted by Crippen LogP contribution is -2.32. The van der Waals surface area contributed by atoms with Crippen LogP contribution in [0.3, 0.4) is 0 Å². The van der Waals surface area contributed by atoms with E-state index in [-0.39, 0.29) is 11.5 Å². The Balaban J connectivity index is 2.91. The summed E-state index contributed by atoms with van der Waals surface area (Å²) in [6, 6.07) is 0. The van der Waals surface area contributed by atoms with Crippen LogP contribution in [0.2, 0.25) is 0 Å². The van der Waals surface area contributed by atoms with Crippen LogP contribution < -0.4 is 10.6 Å². The van der Waals surface area contributed by atoms with Crippen molar-refractivity contribution in [3.63, 3.8) is 0 Å². The van der Waals surface area contributed by atoms with Crippen molar-refractivity contribution in [3.05, 3.63) is 16.3 Å². The molecule has 0 fully saturated rings. The summed E-state index contributed by atoms with van der Waals surface area (Å²) in [5.74, 6) is 0.559. The molecule has 8 nitrogen and oxygen atoms in total. The molecule has 1 rings (SSSR count). The highest BCUT2D eigenvalue weighted by atomic mass is 16.6. The lowest BCUT2D eigenvalue weighted by atomic mass is 10.1. The second-order valence-corrected chi connectivity index (χ2v) is 4.93. The van der Waals surface area contributed by atoms with Crippen LogP contribution in [0.15, 0.2) is 6.20 Å². The van der Waals surface area contributed by atoms with E-state index in [1.165, 1.54) is 6.20 Å². The first kappa shape index (κ1) is 16.1. The van der Waals surface area contributed by atoms with Gasteiger partial charge in [0.15, 0.2) is 0 Å². The fraction of sp³-hybridized carbons (Fsp3) is 0.667. The first-order valence-electron chi connectivity index (χ1n) is 6.44. The quantitative estimate of drug-likeness (QED) is 0.556. The van der Waals surface area contributed by atoms with Crippen LogP contribution in [0.4, 0.5) is 17.5 Å². The van der Waals surface area contributed by atoms with Gasteiger partial charge in [-0.3, -0.25) is 10.1 Å². The molecule has 0 aliphatic rings.